The molecule has 0 saturated heterocycles. The number of benzene rings is 1. The van der Waals surface area contributed by atoms with Crippen LogP contribution >= 0.6 is 0 Å². The number of carbonyl (C=O) groups is 1. The van der Waals surface area contributed by atoms with Gasteiger partial charge in [-0.1, -0.05) is 13.8 Å². The highest BCUT2D eigenvalue weighted by Gasteiger charge is 2.20. The molecule has 0 atom stereocenters. The van der Waals surface area contributed by atoms with Gasteiger partial charge in [0.15, 0.2) is 0 Å². The normalized spacial score (nSPS) is 11.5. The third-order valence-corrected chi connectivity index (χ3v) is 3.13. The predicted octanol–water partition coefficient (Wildman–Crippen LogP) is 2.02. The Bertz CT molecular complexity index is 483. The van der Waals surface area contributed by atoms with Crippen LogP contribution in [-0.4, -0.2) is 44.5 Å². The maximum Gasteiger partial charge on any atom is 0.253 e. The molecule has 21 heavy (non-hydrogen) atoms. The fourth-order valence-electron chi connectivity index (χ4n) is 2.41. The Morgan fingerprint density at radius 3 is 2.57 bits per heavy atom. The zero-order chi connectivity index (χ0) is 16.0. The van der Waals surface area contributed by atoms with Gasteiger partial charge >= 0.3 is 0 Å². The average molecular weight is 292 g/mol. The number of nitrogen functional groups attached to an aromatic ring is 1. The second-order valence-electron chi connectivity index (χ2n) is 6.42. The molecule has 1 aromatic rings. The Morgan fingerprint density at radius 2 is 2.00 bits per heavy atom. The van der Waals surface area contributed by atoms with Crippen LogP contribution < -0.4 is 16.4 Å². The maximum atomic E-state index is 12.1. The molecule has 0 unspecified atom stereocenters. The van der Waals surface area contributed by atoms with Crippen molar-refractivity contribution in [1.82, 2.24) is 10.2 Å². The van der Waals surface area contributed by atoms with E-state index in [-0.39, 0.29) is 11.3 Å². The molecule has 0 aliphatic carbocycles. The Balaban J connectivity index is 2.86. The van der Waals surface area contributed by atoms with Crippen molar-refractivity contribution in [2.45, 2.75) is 20.8 Å². The van der Waals surface area contributed by atoms with Gasteiger partial charge in [-0.05, 0) is 44.6 Å². The monoisotopic (exact) mass is 292 g/mol. The number of hydrogen-bond donors (Lipinski definition) is 3. The van der Waals surface area contributed by atoms with Crippen molar-refractivity contribution in [1.29, 1.82) is 0 Å². The largest absolute Gasteiger partial charge is 0.399 e. The lowest BCUT2D eigenvalue weighted by Gasteiger charge is -2.29. The first-order chi connectivity index (χ1) is 9.75. The summed E-state index contributed by atoms with van der Waals surface area (Å²) < 4.78 is 0. The molecular weight excluding hydrogens is 264 g/mol. The van der Waals surface area contributed by atoms with Crippen molar-refractivity contribution in [3.05, 3.63) is 23.8 Å². The molecule has 0 aliphatic rings. The highest BCUT2D eigenvalue weighted by atomic mass is 16.1. The van der Waals surface area contributed by atoms with Crippen molar-refractivity contribution < 1.29 is 4.79 Å². The summed E-state index contributed by atoms with van der Waals surface area (Å²) in [4.78, 5) is 14.2. The van der Waals surface area contributed by atoms with Crippen molar-refractivity contribution in [3.63, 3.8) is 0 Å². The fourth-order valence-corrected chi connectivity index (χ4v) is 2.41. The van der Waals surface area contributed by atoms with Crippen LogP contribution in [0.5, 0.6) is 0 Å². The molecule has 0 aromatic heterocycles. The molecule has 4 N–H and O–H groups in total. The molecule has 118 valence electrons. The van der Waals surface area contributed by atoms with Crippen molar-refractivity contribution in [2.75, 3.05) is 44.8 Å². The Labute approximate surface area is 127 Å². The zero-order valence-corrected chi connectivity index (χ0v) is 13.8. The van der Waals surface area contributed by atoms with Crippen LogP contribution in [-0.2, 0) is 0 Å². The van der Waals surface area contributed by atoms with Crippen LogP contribution in [0.2, 0.25) is 0 Å². The Kier molecular flexibility index (Phi) is 6.03. The predicted molar refractivity (Wildman–Crippen MR) is 89.7 cm³/mol. The van der Waals surface area contributed by atoms with E-state index in [0.29, 0.717) is 17.8 Å². The summed E-state index contributed by atoms with van der Waals surface area (Å²) in [5.74, 6) is -0.0783. The van der Waals surface area contributed by atoms with E-state index in [0.717, 1.165) is 18.8 Å². The molecule has 1 rings (SSSR count). The van der Waals surface area contributed by atoms with Crippen molar-refractivity contribution in [2.24, 2.45) is 5.41 Å². The van der Waals surface area contributed by atoms with Gasteiger partial charge < -0.3 is 21.3 Å². The van der Waals surface area contributed by atoms with Gasteiger partial charge in [0, 0.05) is 31.0 Å². The molecule has 1 amide bonds. The van der Waals surface area contributed by atoms with E-state index in [1.165, 1.54) is 0 Å². The Morgan fingerprint density at radius 1 is 1.33 bits per heavy atom. The standard InChI is InChI=1S/C16H28N4O/c1-6-18-15(21)13-8-7-12(17)9-14(13)19-10-16(2,3)11-20(4)5/h7-9,19H,6,10-11,17H2,1-5H3,(H,18,21). The first-order valence-corrected chi connectivity index (χ1v) is 7.31. The van der Waals surface area contributed by atoms with E-state index in [2.05, 4.69) is 43.5 Å². The van der Waals surface area contributed by atoms with E-state index in [1.807, 2.05) is 13.0 Å². The van der Waals surface area contributed by atoms with Crippen LogP contribution in [0, 0.1) is 5.41 Å². The summed E-state index contributed by atoms with van der Waals surface area (Å²) in [5.41, 5.74) is 8.00. The van der Waals surface area contributed by atoms with Gasteiger partial charge in [0.2, 0.25) is 0 Å². The number of nitrogens with one attached hydrogen (secondary N) is 2. The molecule has 5 heteroatoms. The number of nitrogens with zero attached hydrogens (tertiary/aromatic N) is 1. The number of carbonyl (C=O) groups excluding carboxylic acids is 1. The SMILES string of the molecule is CCNC(=O)c1ccc(N)cc1NCC(C)(C)CN(C)C. The zero-order valence-electron chi connectivity index (χ0n) is 13.8. The molecule has 1 aromatic carbocycles. The minimum atomic E-state index is -0.0783. The lowest BCUT2D eigenvalue weighted by molar-refractivity contribution is 0.0956. The number of amides is 1. The lowest BCUT2D eigenvalue weighted by Crippen LogP contribution is -2.35. The number of nitrogens with two attached hydrogens (primary N) is 1. The highest BCUT2D eigenvalue weighted by molar-refractivity contribution is 6.00. The molecule has 0 aliphatic heterocycles. The summed E-state index contributed by atoms with van der Waals surface area (Å²) in [6.07, 6.45) is 0. The first kappa shape index (κ1) is 17.3. The van der Waals surface area contributed by atoms with Gasteiger partial charge in [-0.3, -0.25) is 4.79 Å². The number of anilines is 2. The number of hydrogen-bond acceptors (Lipinski definition) is 4. The molecule has 0 heterocycles. The molecule has 0 bridgehead atoms. The van der Waals surface area contributed by atoms with E-state index in [4.69, 9.17) is 5.73 Å². The van der Waals surface area contributed by atoms with Crippen LogP contribution in [0.1, 0.15) is 31.1 Å². The fraction of sp³-hybridized carbons (Fsp3) is 0.562. The van der Waals surface area contributed by atoms with Gasteiger partial charge in [0.1, 0.15) is 0 Å². The van der Waals surface area contributed by atoms with Gasteiger partial charge in [-0.15, -0.1) is 0 Å². The number of rotatable bonds is 7. The average Bonchev–Trinajstić information content (AvgIpc) is 2.35. The first-order valence-electron chi connectivity index (χ1n) is 7.31. The van der Waals surface area contributed by atoms with Gasteiger partial charge in [-0.25, -0.2) is 0 Å². The highest BCUT2D eigenvalue weighted by Crippen LogP contribution is 2.22. The second kappa shape index (κ2) is 7.31. The summed E-state index contributed by atoms with van der Waals surface area (Å²) >= 11 is 0. The summed E-state index contributed by atoms with van der Waals surface area (Å²) in [5, 5.41) is 6.19. The minimum absolute atomic E-state index is 0.0783. The lowest BCUT2D eigenvalue weighted by atomic mass is 9.92. The maximum absolute atomic E-state index is 12.1. The van der Waals surface area contributed by atoms with Gasteiger partial charge in [0.25, 0.3) is 5.91 Å². The van der Waals surface area contributed by atoms with E-state index < -0.39 is 0 Å². The smallest absolute Gasteiger partial charge is 0.253 e. The quantitative estimate of drug-likeness (QED) is 0.672. The topological polar surface area (TPSA) is 70.4 Å². The molecule has 0 radical (unpaired) electrons. The molecular formula is C16H28N4O. The van der Waals surface area contributed by atoms with Crippen LogP contribution in [0.4, 0.5) is 11.4 Å². The van der Waals surface area contributed by atoms with E-state index >= 15 is 0 Å². The summed E-state index contributed by atoms with van der Waals surface area (Å²) in [6.45, 7) is 8.62. The second-order valence-corrected chi connectivity index (χ2v) is 6.42. The minimum Gasteiger partial charge on any atom is -0.399 e. The summed E-state index contributed by atoms with van der Waals surface area (Å²) in [7, 11) is 4.12. The van der Waals surface area contributed by atoms with Crippen molar-refractivity contribution >= 4 is 17.3 Å². The van der Waals surface area contributed by atoms with Crippen molar-refractivity contribution in [3.8, 4) is 0 Å². The third-order valence-electron chi connectivity index (χ3n) is 3.13. The van der Waals surface area contributed by atoms with Crippen LogP contribution in [0.15, 0.2) is 18.2 Å². The van der Waals surface area contributed by atoms with Crippen LogP contribution in [0.3, 0.4) is 0 Å². The van der Waals surface area contributed by atoms with Crippen LogP contribution in [0.25, 0.3) is 0 Å². The molecule has 0 spiro atoms. The van der Waals surface area contributed by atoms with Gasteiger partial charge in [-0.2, -0.15) is 0 Å². The molecule has 5 nitrogen and oxygen atoms in total. The van der Waals surface area contributed by atoms with E-state index in [9.17, 15) is 4.79 Å². The molecule has 0 saturated carbocycles. The van der Waals surface area contributed by atoms with E-state index in [1.54, 1.807) is 12.1 Å². The summed E-state index contributed by atoms with van der Waals surface area (Å²) in [6, 6.07) is 5.33. The molecule has 0 fully saturated rings. The Hall–Kier alpha value is -1.75. The van der Waals surface area contributed by atoms with Gasteiger partial charge in [0.05, 0.1) is 5.56 Å². The third kappa shape index (κ3) is 5.63.